The SMILES string of the molecule is Cc1ccc2c(CC(=O)NNC(=O)c3ccco3)coc2c1C. The zero-order valence-electron chi connectivity index (χ0n) is 12.8. The van der Waals surface area contributed by atoms with E-state index in [1.807, 2.05) is 26.0 Å². The van der Waals surface area contributed by atoms with E-state index in [9.17, 15) is 9.59 Å². The third-order valence-electron chi connectivity index (χ3n) is 3.75. The van der Waals surface area contributed by atoms with Gasteiger partial charge in [-0.05, 0) is 37.1 Å². The van der Waals surface area contributed by atoms with Crippen LogP contribution in [0.5, 0.6) is 0 Å². The second kappa shape index (κ2) is 6.00. The van der Waals surface area contributed by atoms with Gasteiger partial charge in [0.25, 0.3) is 0 Å². The quantitative estimate of drug-likeness (QED) is 0.728. The normalized spacial score (nSPS) is 10.7. The predicted octanol–water partition coefficient (Wildman–Crippen LogP) is 2.65. The Morgan fingerprint density at radius 3 is 2.65 bits per heavy atom. The zero-order chi connectivity index (χ0) is 16.4. The Morgan fingerprint density at radius 1 is 1.09 bits per heavy atom. The molecule has 6 nitrogen and oxygen atoms in total. The number of nitrogens with one attached hydrogen (secondary N) is 2. The van der Waals surface area contributed by atoms with E-state index in [1.54, 1.807) is 12.3 Å². The van der Waals surface area contributed by atoms with Gasteiger partial charge in [-0.1, -0.05) is 12.1 Å². The van der Waals surface area contributed by atoms with E-state index < -0.39 is 5.91 Å². The molecule has 118 valence electrons. The van der Waals surface area contributed by atoms with Gasteiger partial charge in [0.1, 0.15) is 5.58 Å². The monoisotopic (exact) mass is 312 g/mol. The van der Waals surface area contributed by atoms with Gasteiger partial charge >= 0.3 is 5.91 Å². The van der Waals surface area contributed by atoms with Gasteiger partial charge in [-0.15, -0.1) is 0 Å². The van der Waals surface area contributed by atoms with Crippen molar-refractivity contribution >= 4 is 22.8 Å². The van der Waals surface area contributed by atoms with E-state index in [1.165, 1.54) is 12.3 Å². The number of benzene rings is 1. The van der Waals surface area contributed by atoms with Gasteiger partial charge in [0.2, 0.25) is 5.91 Å². The lowest BCUT2D eigenvalue weighted by atomic mass is 10.0. The van der Waals surface area contributed by atoms with E-state index in [0.717, 1.165) is 27.7 Å². The second-order valence-electron chi connectivity index (χ2n) is 5.30. The lowest BCUT2D eigenvalue weighted by Crippen LogP contribution is -2.42. The number of hydrogen-bond donors (Lipinski definition) is 2. The molecule has 1 aromatic carbocycles. The molecular weight excluding hydrogens is 296 g/mol. The summed E-state index contributed by atoms with van der Waals surface area (Å²) in [6.45, 7) is 3.99. The fourth-order valence-electron chi connectivity index (χ4n) is 2.34. The number of amides is 2. The van der Waals surface area contributed by atoms with Gasteiger partial charge < -0.3 is 8.83 Å². The Hall–Kier alpha value is -3.02. The van der Waals surface area contributed by atoms with E-state index >= 15 is 0 Å². The Labute approximate surface area is 132 Å². The predicted molar refractivity (Wildman–Crippen MR) is 83.7 cm³/mol. The number of hydrogen-bond acceptors (Lipinski definition) is 4. The Kier molecular flexibility index (Phi) is 3.89. The first-order valence-electron chi connectivity index (χ1n) is 7.15. The van der Waals surface area contributed by atoms with Gasteiger partial charge in [0.05, 0.1) is 18.9 Å². The van der Waals surface area contributed by atoms with Gasteiger partial charge in [0.15, 0.2) is 5.76 Å². The number of fused-ring (bicyclic) bond motifs is 1. The summed E-state index contributed by atoms with van der Waals surface area (Å²) in [4.78, 5) is 23.7. The van der Waals surface area contributed by atoms with Crippen LogP contribution in [-0.4, -0.2) is 11.8 Å². The van der Waals surface area contributed by atoms with Crippen molar-refractivity contribution in [1.82, 2.24) is 10.9 Å². The highest BCUT2D eigenvalue weighted by atomic mass is 16.3. The van der Waals surface area contributed by atoms with Crippen molar-refractivity contribution in [2.24, 2.45) is 0 Å². The lowest BCUT2D eigenvalue weighted by molar-refractivity contribution is -0.121. The molecule has 0 bridgehead atoms. The van der Waals surface area contributed by atoms with Crippen molar-refractivity contribution in [1.29, 1.82) is 0 Å². The first kappa shape index (κ1) is 14.9. The van der Waals surface area contributed by atoms with E-state index in [0.29, 0.717) is 0 Å². The highest BCUT2D eigenvalue weighted by Crippen LogP contribution is 2.26. The van der Waals surface area contributed by atoms with E-state index in [4.69, 9.17) is 8.83 Å². The molecule has 23 heavy (non-hydrogen) atoms. The molecule has 0 aliphatic heterocycles. The molecular formula is C17H16N2O4. The molecule has 6 heteroatoms. The van der Waals surface area contributed by atoms with Crippen LogP contribution in [0.25, 0.3) is 11.0 Å². The van der Waals surface area contributed by atoms with Crippen LogP contribution in [0.4, 0.5) is 0 Å². The van der Waals surface area contributed by atoms with Gasteiger partial charge in [0, 0.05) is 10.9 Å². The summed E-state index contributed by atoms with van der Waals surface area (Å²) in [7, 11) is 0. The molecule has 2 heterocycles. The average molecular weight is 312 g/mol. The van der Waals surface area contributed by atoms with Crippen molar-refractivity contribution in [2.45, 2.75) is 20.3 Å². The number of hydrazine groups is 1. The maximum absolute atomic E-state index is 12.0. The van der Waals surface area contributed by atoms with Crippen molar-refractivity contribution in [3.05, 3.63) is 59.2 Å². The molecule has 2 aromatic heterocycles. The highest BCUT2D eigenvalue weighted by Gasteiger charge is 2.14. The smallest absolute Gasteiger partial charge is 0.305 e. The topological polar surface area (TPSA) is 84.5 Å². The second-order valence-corrected chi connectivity index (χ2v) is 5.30. The largest absolute Gasteiger partial charge is 0.464 e. The molecule has 0 radical (unpaired) electrons. The molecule has 0 aliphatic carbocycles. The van der Waals surface area contributed by atoms with Crippen molar-refractivity contribution in [3.63, 3.8) is 0 Å². The highest BCUT2D eigenvalue weighted by molar-refractivity contribution is 5.94. The maximum atomic E-state index is 12.0. The Morgan fingerprint density at radius 2 is 1.91 bits per heavy atom. The number of aryl methyl sites for hydroxylation is 2. The summed E-state index contributed by atoms with van der Waals surface area (Å²) in [5.74, 6) is -0.720. The van der Waals surface area contributed by atoms with Gasteiger partial charge in [-0.2, -0.15) is 0 Å². The molecule has 0 saturated heterocycles. The molecule has 0 saturated carbocycles. The van der Waals surface area contributed by atoms with Crippen LogP contribution in [-0.2, 0) is 11.2 Å². The van der Waals surface area contributed by atoms with E-state index in [2.05, 4.69) is 10.9 Å². The molecule has 0 fully saturated rings. The van der Waals surface area contributed by atoms with Crippen LogP contribution in [0.1, 0.15) is 27.2 Å². The van der Waals surface area contributed by atoms with Crippen molar-refractivity contribution in [3.8, 4) is 0 Å². The fraction of sp³-hybridized carbons (Fsp3) is 0.176. The van der Waals surface area contributed by atoms with Gasteiger partial charge in [-0.3, -0.25) is 20.4 Å². The maximum Gasteiger partial charge on any atom is 0.305 e. The summed E-state index contributed by atoms with van der Waals surface area (Å²) < 4.78 is 10.5. The summed E-state index contributed by atoms with van der Waals surface area (Å²) in [6.07, 6.45) is 3.07. The van der Waals surface area contributed by atoms with Crippen molar-refractivity contribution < 1.29 is 18.4 Å². The number of carbonyl (C=O) groups is 2. The Bertz CT molecular complexity index is 862. The van der Waals surface area contributed by atoms with E-state index in [-0.39, 0.29) is 18.1 Å². The zero-order valence-corrected chi connectivity index (χ0v) is 12.8. The fourth-order valence-corrected chi connectivity index (χ4v) is 2.34. The minimum atomic E-state index is -0.508. The third kappa shape index (κ3) is 2.96. The lowest BCUT2D eigenvalue weighted by Gasteiger charge is -2.05. The molecule has 0 atom stereocenters. The average Bonchev–Trinajstić information content (AvgIpc) is 3.19. The van der Waals surface area contributed by atoms with Crippen LogP contribution in [0.15, 0.2) is 45.6 Å². The number of furan rings is 2. The summed E-state index contributed by atoms with van der Waals surface area (Å²) in [5.41, 5.74) is 8.41. The summed E-state index contributed by atoms with van der Waals surface area (Å²) in [6, 6.07) is 7.04. The van der Waals surface area contributed by atoms with Crippen LogP contribution in [0.3, 0.4) is 0 Å². The van der Waals surface area contributed by atoms with Crippen LogP contribution in [0.2, 0.25) is 0 Å². The summed E-state index contributed by atoms with van der Waals surface area (Å²) >= 11 is 0. The molecule has 0 aliphatic rings. The molecule has 0 spiro atoms. The standard InChI is InChI=1S/C17H16N2O4/c1-10-5-6-13-12(9-23-16(13)11(10)2)8-15(20)18-19-17(21)14-4-3-7-22-14/h3-7,9H,8H2,1-2H3,(H,18,20)(H,19,21). The number of rotatable bonds is 3. The Balaban J connectivity index is 1.66. The first-order chi connectivity index (χ1) is 11.1. The molecule has 0 unspecified atom stereocenters. The first-order valence-corrected chi connectivity index (χ1v) is 7.15. The van der Waals surface area contributed by atoms with Crippen LogP contribution >= 0.6 is 0 Å². The summed E-state index contributed by atoms with van der Waals surface area (Å²) in [5, 5.41) is 0.903. The molecule has 3 aromatic rings. The number of carbonyl (C=O) groups excluding carboxylic acids is 2. The van der Waals surface area contributed by atoms with Crippen molar-refractivity contribution in [2.75, 3.05) is 0 Å². The minimum Gasteiger partial charge on any atom is -0.464 e. The van der Waals surface area contributed by atoms with Gasteiger partial charge in [-0.25, -0.2) is 0 Å². The van der Waals surface area contributed by atoms with Crippen LogP contribution < -0.4 is 10.9 Å². The van der Waals surface area contributed by atoms with Crippen LogP contribution in [0, 0.1) is 13.8 Å². The third-order valence-corrected chi connectivity index (χ3v) is 3.75. The molecule has 2 amide bonds. The molecule has 3 rings (SSSR count). The molecule has 2 N–H and O–H groups in total. The minimum absolute atomic E-state index is 0.105.